The van der Waals surface area contributed by atoms with E-state index in [1.54, 1.807) is 0 Å². The molecule has 90 valence electrons. The van der Waals surface area contributed by atoms with E-state index >= 15 is 0 Å². The number of nitrogens with zero attached hydrogens (tertiary/aromatic N) is 1. The average molecular weight is 320 g/mol. The molecule has 0 bridgehead atoms. The van der Waals surface area contributed by atoms with Gasteiger partial charge < -0.3 is 4.57 Å². The molecule has 4 heteroatoms. The Hall–Kier alpha value is -1.39. The van der Waals surface area contributed by atoms with Crippen LogP contribution in [0.3, 0.4) is 0 Å². The Labute approximate surface area is 117 Å². The SMILES string of the molecule is O=C(Cn1cc(Br)c2ccccc21)c1cccs1. The molecule has 2 aromatic heterocycles. The summed E-state index contributed by atoms with van der Waals surface area (Å²) in [6, 6.07) is 11.8. The van der Waals surface area contributed by atoms with Gasteiger partial charge in [-0.15, -0.1) is 11.3 Å². The number of carbonyl (C=O) groups is 1. The highest BCUT2D eigenvalue weighted by atomic mass is 79.9. The van der Waals surface area contributed by atoms with Gasteiger partial charge in [-0.2, -0.15) is 0 Å². The molecule has 0 atom stereocenters. The van der Waals surface area contributed by atoms with Gasteiger partial charge in [-0.05, 0) is 33.4 Å². The van der Waals surface area contributed by atoms with Gasteiger partial charge in [0.25, 0.3) is 0 Å². The summed E-state index contributed by atoms with van der Waals surface area (Å²) >= 11 is 5.01. The van der Waals surface area contributed by atoms with Gasteiger partial charge in [0.05, 0.1) is 11.4 Å². The minimum absolute atomic E-state index is 0.151. The van der Waals surface area contributed by atoms with Gasteiger partial charge in [-0.25, -0.2) is 0 Å². The Bertz CT molecular complexity index is 700. The lowest BCUT2D eigenvalue weighted by Crippen LogP contribution is -2.07. The number of rotatable bonds is 3. The lowest BCUT2D eigenvalue weighted by atomic mass is 10.2. The van der Waals surface area contributed by atoms with Gasteiger partial charge in [-0.1, -0.05) is 24.3 Å². The van der Waals surface area contributed by atoms with Crippen LogP contribution in [0.5, 0.6) is 0 Å². The van der Waals surface area contributed by atoms with Crippen molar-refractivity contribution in [1.29, 1.82) is 0 Å². The third-order valence-corrected chi connectivity index (χ3v) is 4.39. The molecule has 0 fully saturated rings. The predicted molar refractivity (Wildman–Crippen MR) is 78.3 cm³/mol. The Kier molecular flexibility index (Phi) is 3.06. The average Bonchev–Trinajstić information content (AvgIpc) is 3.00. The molecule has 0 unspecified atom stereocenters. The van der Waals surface area contributed by atoms with Gasteiger partial charge in [-0.3, -0.25) is 4.79 Å². The summed E-state index contributed by atoms with van der Waals surface area (Å²) in [5.41, 5.74) is 1.08. The number of benzene rings is 1. The number of fused-ring (bicyclic) bond motifs is 1. The van der Waals surface area contributed by atoms with Crippen LogP contribution in [0.1, 0.15) is 9.67 Å². The first kappa shape index (κ1) is 11.7. The van der Waals surface area contributed by atoms with E-state index in [4.69, 9.17) is 0 Å². The predicted octanol–water partition coefficient (Wildman–Crippen LogP) is 4.35. The van der Waals surface area contributed by atoms with Crippen LogP contribution < -0.4 is 0 Å². The number of carbonyl (C=O) groups excluding carboxylic acids is 1. The zero-order valence-corrected chi connectivity index (χ0v) is 11.9. The third-order valence-electron chi connectivity index (χ3n) is 2.85. The number of hydrogen-bond acceptors (Lipinski definition) is 2. The topological polar surface area (TPSA) is 22.0 Å². The molecule has 18 heavy (non-hydrogen) atoms. The van der Waals surface area contributed by atoms with Gasteiger partial charge in [0.15, 0.2) is 5.78 Å². The number of halogens is 1. The van der Waals surface area contributed by atoms with Gasteiger partial charge in [0, 0.05) is 21.6 Å². The smallest absolute Gasteiger partial charge is 0.192 e. The lowest BCUT2D eigenvalue weighted by molar-refractivity contribution is 0.0977. The molecule has 0 saturated heterocycles. The molecule has 0 radical (unpaired) electrons. The van der Waals surface area contributed by atoms with Crippen LogP contribution in [0.25, 0.3) is 10.9 Å². The fourth-order valence-electron chi connectivity index (χ4n) is 2.00. The normalized spacial score (nSPS) is 10.9. The van der Waals surface area contributed by atoms with Crippen molar-refractivity contribution in [2.75, 3.05) is 0 Å². The molecule has 2 nitrogen and oxygen atoms in total. The summed E-state index contributed by atoms with van der Waals surface area (Å²) in [6.45, 7) is 0.382. The fourth-order valence-corrected chi connectivity index (χ4v) is 3.24. The van der Waals surface area contributed by atoms with E-state index in [0.29, 0.717) is 6.54 Å². The van der Waals surface area contributed by atoms with Crippen LogP contribution in [0, 0.1) is 0 Å². The van der Waals surface area contributed by atoms with Gasteiger partial charge in [0.1, 0.15) is 0 Å². The lowest BCUT2D eigenvalue weighted by Gasteiger charge is -2.02. The van der Waals surface area contributed by atoms with E-state index in [2.05, 4.69) is 15.9 Å². The number of para-hydroxylation sites is 1. The van der Waals surface area contributed by atoms with Crippen molar-refractivity contribution in [2.45, 2.75) is 6.54 Å². The third kappa shape index (κ3) is 2.02. The van der Waals surface area contributed by atoms with Crippen LogP contribution in [0.4, 0.5) is 0 Å². The molecule has 3 aromatic rings. The van der Waals surface area contributed by atoms with Crippen molar-refractivity contribution >= 4 is 44.0 Å². The molecule has 0 amide bonds. The number of aromatic nitrogens is 1. The Morgan fingerprint density at radius 2 is 2.06 bits per heavy atom. The van der Waals surface area contributed by atoms with E-state index in [-0.39, 0.29) is 5.78 Å². The fraction of sp³-hybridized carbons (Fsp3) is 0.0714. The maximum Gasteiger partial charge on any atom is 0.192 e. The van der Waals surface area contributed by atoms with E-state index in [0.717, 1.165) is 20.3 Å². The summed E-state index contributed by atoms with van der Waals surface area (Å²) in [5, 5.41) is 3.06. The van der Waals surface area contributed by atoms with Crippen molar-refractivity contribution in [3.05, 3.63) is 57.3 Å². The van der Waals surface area contributed by atoms with Crippen molar-refractivity contribution in [3.8, 4) is 0 Å². The maximum atomic E-state index is 12.1. The summed E-state index contributed by atoms with van der Waals surface area (Å²) in [5.74, 6) is 0.151. The van der Waals surface area contributed by atoms with Crippen LogP contribution in [0.2, 0.25) is 0 Å². The molecule has 0 aliphatic carbocycles. The zero-order chi connectivity index (χ0) is 12.5. The second-order valence-electron chi connectivity index (χ2n) is 4.02. The molecule has 0 spiro atoms. The first-order valence-corrected chi connectivity index (χ1v) is 7.23. The second-order valence-corrected chi connectivity index (χ2v) is 5.82. The molecule has 0 aliphatic heterocycles. The van der Waals surface area contributed by atoms with E-state index in [9.17, 15) is 4.79 Å². The zero-order valence-electron chi connectivity index (χ0n) is 9.47. The molecule has 1 aromatic carbocycles. The minimum atomic E-state index is 0.151. The summed E-state index contributed by atoms with van der Waals surface area (Å²) < 4.78 is 3.01. The Balaban J connectivity index is 1.98. The molecular formula is C14H10BrNOS. The minimum Gasteiger partial charge on any atom is -0.338 e. The maximum absolute atomic E-state index is 12.1. The monoisotopic (exact) mass is 319 g/mol. The number of thiophene rings is 1. The quantitative estimate of drug-likeness (QED) is 0.658. The van der Waals surface area contributed by atoms with E-state index < -0.39 is 0 Å². The molecular weight excluding hydrogens is 310 g/mol. The molecule has 3 rings (SSSR count). The van der Waals surface area contributed by atoms with E-state index in [1.807, 2.05) is 52.5 Å². The number of Topliss-reactive ketones (excluding diaryl/α,β-unsaturated/α-hetero) is 1. The van der Waals surface area contributed by atoms with Crippen molar-refractivity contribution in [2.24, 2.45) is 0 Å². The number of ketones is 1. The Morgan fingerprint density at radius 1 is 1.22 bits per heavy atom. The molecule has 0 N–H and O–H groups in total. The first-order chi connectivity index (χ1) is 8.75. The highest BCUT2D eigenvalue weighted by molar-refractivity contribution is 9.10. The summed E-state index contributed by atoms with van der Waals surface area (Å²) in [4.78, 5) is 12.9. The standard InChI is InChI=1S/C14H10BrNOS/c15-11-8-16(12-5-2-1-4-10(11)12)9-13(17)14-6-3-7-18-14/h1-8H,9H2. The van der Waals surface area contributed by atoms with E-state index in [1.165, 1.54) is 11.3 Å². The van der Waals surface area contributed by atoms with Crippen molar-refractivity contribution in [1.82, 2.24) is 4.57 Å². The number of hydrogen-bond donors (Lipinski definition) is 0. The molecule has 2 heterocycles. The van der Waals surface area contributed by atoms with Crippen LogP contribution in [-0.2, 0) is 6.54 Å². The largest absolute Gasteiger partial charge is 0.338 e. The first-order valence-electron chi connectivity index (χ1n) is 5.56. The molecule has 0 saturated carbocycles. The summed E-state index contributed by atoms with van der Waals surface area (Å²) in [6.07, 6.45) is 1.97. The molecule has 0 aliphatic rings. The van der Waals surface area contributed by atoms with Crippen LogP contribution in [-0.4, -0.2) is 10.4 Å². The highest BCUT2D eigenvalue weighted by Crippen LogP contribution is 2.26. The van der Waals surface area contributed by atoms with Crippen LogP contribution >= 0.6 is 27.3 Å². The highest BCUT2D eigenvalue weighted by Gasteiger charge is 2.11. The van der Waals surface area contributed by atoms with Gasteiger partial charge in [0.2, 0.25) is 0 Å². The van der Waals surface area contributed by atoms with Crippen LogP contribution in [0.15, 0.2) is 52.4 Å². The van der Waals surface area contributed by atoms with Crippen molar-refractivity contribution < 1.29 is 4.79 Å². The second kappa shape index (κ2) is 4.71. The van der Waals surface area contributed by atoms with Gasteiger partial charge >= 0.3 is 0 Å². The summed E-state index contributed by atoms with van der Waals surface area (Å²) in [7, 11) is 0. The Morgan fingerprint density at radius 3 is 2.83 bits per heavy atom. The van der Waals surface area contributed by atoms with Crippen molar-refractivity contribution in [3.63, 3.8) is 0 Å².